The third kappa shape index (κ3) is 5.31. The molecule has 1 saturated carbocycles. The van der Waals surface area contributed by atoms with E-state index in [0.29, 0.717) is 5.92 Å². The van der Waals surface area contributed by atoms with Crippen LogP contribution in [0.5, 0.6) is 0 Å². The lowest BCUT2D eigenvalue weighted by atomic mass is 10.1. The highest BCUT2D eigenvalue weighted by Crippen LogP contribution is 2.23. The second-order valence-corrected chi connectivity index (χ2v) is 7.17. The van der Waals surface area contributed by atoms with E-state index in [0.717, 1.165) is 30.9 Å². The summed E-state index contributed by atoms with van der Waals surface area (Å²) in [5.41, 5.74) is 2.57. The van der Waals surface area contributed by atoms with Crippen LogP contribution >= 0.6 is 0 Å². The van der Waals surface area contributed by atoms with E-state index in [-0.39, 0.29) is 0 Å². The first-order valence-electron chi connectivity index (χ1n) is 8.41. The van der Waals surface area contributed by atoms with Crippen molar-refractivity contribution in [3.05, 3.63) is 23.4 Å². The van der Waals surface area contributed by atoms with Crippen molar-refractivity contribution < 1.29 is 0 Å². The lowest BCUT2D eigenvalue weighted by molar-refractivity contribution is 0.583. The van der Waals surface area contributed by atoms with Crippen molar-refractivity contribution in [3.63, 3.8) is 0 Å². The third-order valence-electron chi connectivity index (χ3n) is 4.09. The summed E-state index contributed by atoms with van der Waals surface area (Å²) in [4.78, 5) is 7.15. The molecule has 1 aliphatic rings. The molecule has 1 aliphatic carbocycles. The maximum Gasteiger partial charge on any atom is 0.128 e. The van der Waals surface area contributed by atoms with Gasteiger partial charge in [-0.1, -0.05) is 27.7 Å². The van der Waals surface area contributed by atoms with Gasteiger partial charge < -0.3 is 10.2 Å². The summed E-state index contributed by atoms with van der Waals surface area (Å²) in [5.74, 6) is 2.33. The first kappa shape index (κ1) is 16.3. The molecular formula is C18H31N3. The number of pyridine rings is 1. The van der Waals surface area contributed by atoms with Crippen molar-refractivity contribution in [3.8, 4) is 0 Å². The molecule has 0 radical (unpaired) electrons. The molecule has 2 rings (SSSR count). The number of hydrogen-bond donors (Lipinski definition) is 1. The van der Waals surface area contributed by atoms with Crippen molar-refractivity contribution in [2.75, 3.05) is 18.5 Å². The van der Waals surface area contributed by atoms with Gasteiger partial charge >= 0.3 is 0 Å². The van der Waals surface area contributed by atoms with Gasteiger partial charge in [0, 0.05) is 31.9 Å². The fourth-order valence-corrected chi connectivity index (χ4v) is 2.30. The highest BCUT2D eigenvalue weighted by Gasteiger charge is 2.20. The van der Waals surface area contributed by atoms with Crippen LogP contribution in [-0.2, 0) is 6.54 Å². The molecule has 0 atom stereocenters. The van der Waals surface area contributed by atoms with Gasteiger partial charge in [-0.2, -0.15) is 0 Å². The lowest BCUT2D eigenvalue weighted by Crippen LogP contribution is -2.22. The zero-order valence-corrected chi connectivity index (χ0v) is 14.3. The van der Waals surface area contributed by atoms with Gasteiger partial charge in [-0.25, -0.2) is 4.98 Å². The number of hydrogen-bond acceptors (Lipinski definition) is 3. The van der Waals surface area contributed by atoms with Gasteiger partial charge in [-0.05, 0) is 48.8 Å². The molecule has 0 saturated heterocycles. The molecule has 3 heteroatoms. The molecule has 0 unspecified atom stereocenters. The first-order valence-corrected chi connectivity index (χ1v) is 8.41. The molecule has 0 spiro atoms. The standard InChI is InChI=1S/C18H31N3/c1-13(2)8-9-21(5)18-11-15(12-19-16-6-7-16)10-17(20-18)14(3)4/h10-11,13-14,16,19H,6-9,12H2,1-5H3. The van der Waals surface area contributed by atoms with Gasteiger partial charge in [0.05, 0.1) is 0 Å². The van der Waals surface area contributed by atoms with E-state index >= 15 is 0 Å². The largest absolute Gasteiger partial charge is 0.360 e. The molecule has 0 aliphatic heterocycles. The molecule has 3 nitrogen and oxygen atoms in total. The number of rotatable bonds is 8. The third-order valence-corrected chi connectivity index (χ3v) is 4.09. The Bertz CT molecular complexity index is 450. The van der Waals surface area contributed by atoms with Crippen LogP contribution in [0.1, 0.15) is 64.1 Å². The second-order valence-electron chi connectivity index (χ2n) is 7.17. The summed E-state index contributed by atoms with van der Waals surface area (Å²) < 4.78 is 0. The van der Waals surface area contributed by atoms with Crippen LogP contribution in [0.25, 0.3) is 0 Å². The van der Waals surface area contributed by atoms with Gasteiger partial charge in [-0.3, -0.25) is 0 Å². The van der Waals surface area contributed by atoms with Crippen LogP contribution in [0.4, 0.5) is 5.82 Å². The Hall–Kier alpha value is -1.09. The number of nitrogens with one attached hydrogen (secondary N) is 1. The minimum absolute atomic E-state index is 0.475. The van der Waals surface area contributed by atoms with Crippen LogP contribution in [-0.4, -0.2) is 24.6 Å². The van der Waals surface area contributed by atoms with Crippen molar-refractivity contribution in [2.24, 2.45) is 5.92 Å². The maximum atomic E-state index is 4.85. The quantitative estimate of drug-likeness (QED) is 0.785. The summed E-state index contributed by atoms with van der Waals surface area (Å²) >= 11 is 0. The van der Waals surface area contributed by atoms with Crippen LogP contribution in [0.3, 0.4) is 0 Å². The van der Waals surface area contributed by atoms with E-state index in [1.54, 1.807) is 0 Å². The van der Waals surface area contributed by atoms with E-state index in [1.165, 1.54) is 30.5 Å². The van der Waals surface area contributed by atoms with Gasteiger partial charge in [0.15, 0.2) is 0 Å². The molecule has 1 aromatic rings. The Morgan fingerprint density at radius 3 is 2.52 bits per heavy atom. The highest BCUT2D eigenvalue weighted by molar-refractivity contribution is 5.42. The van der Waals surface area contributed by atoms with Gasteiger partial charge in [0.2, 0.25) is 0 Å². The van der Waals surface area contributed by atoms with E-state index in [9.17, 15) is 0 Å². The molecule has 1 heterocycles. The summed E-state index contributed by atoms with van der Waals surface area (Å²) in [6.07, 6.45) is 3.88. The van der Waals surface area contributed by atoms with Crippen LogP contribution < -0.4 is 10.2 Å². The molecule has 0 aromatic carbocycles. The Kier molecular flexibility index (Phi) is 5.63. The molecule has 118 valence electrons. The minimum atomic E-state index is 0.475. The monoisotopic (exact) mass is 289 g/mol. The Labute approximate surface area is 130 Å². The Morgan fingerprint density at radius 2 is 1.95 bits per heavy atom. The highest BCUT2D eigenvalue weighted by atomic mass is 15.2. The van der Waals surface area contributed by atoms with Gasteiger partial charge in [0.25, 0.3) is 0 Å². The second kappa shape index (κ2) is 7.26. The number of nitrogens with zero attached hydrogens (tertiary/aromatic N) is 2. The SMILES string of the molecule is CC(C)CCN(C)c1cc(CNC2CC2)cc(C(C)C)n1. The molecule has 1 aromatic heterocycles. The summed E-state index contributed by atoms with van der Waals surface area (Å²) in [6, 6.07) is 5.27. The predicted octanol–water partition coefficient (Wildman–Crippen LogP) is 3.94. The van der Waals surface area contributed by atoms with E-state index in [1.807, 2.05) is 0 Å². The summed E-state index contributed by atoms with van der Waals surface area (Å²) in [7, 11) is 2.16. The van der Waals surface area contributed by atoms with Gasteiger partial charge in [0.1, 0.15) is 5.82 Å². The zero-order chi connectivity index (χ0) is 15.4. The molecular weight excluding hydrogens is 258 g/mol. The van der Waals surface area contributed by atoms with Crippen molar-refractivity contribution in [2.45, 2.75) is 65.5 Å². The molecule has 1 N–H and O–H groups in total. The van der Waals surface area contributed by atoms with Crippen LogP contribution in [0.15, 0.2) is 12.1 Å². The topological polar surface area (TPSA) is 28.2 Å². The fraction of sp³-hybridized carbons (Fsp3) is 0.722. The lowest BCUT2D eigenvalue weighted by Gasteiger charge is -2.22. The average Bonchev–Trinajstić information content (AvgIpc) is 3.26. The molecule has 0 bridgehead atoms. The van der Waals surface area contributed by atoms with Crippen LogP contribution in [0, 0.1) is 5.92 Å². The normalized spacial score (nSPS) is 15.0. The Morgan fingerprint density at radius 1 is 1.24 bits per heavy atom. The van der Waals surface area contributed by atoms with Crippen molar-refractivity contribution in [1.82, 2.24) is 10.3 Å². The summed E-state index contributed by atoms with van der Waals surface area (Å²) in [6.45, 7) is 11.0. The zero-order valence-electron chi connectivity index (χ0n) is 14.3. The van der Waals surface area contributed by atoms with E-state index in [4.69, 9.17) is 4.98 Å². The first-order chi connectivity index (χ1) is 9.95. The molecule has 21 heavy (non-hydrogen) atoms. The molecule has 1 fully saturated rings. The summed E-state index contributed by atoms with van der Waals surface area (Å²) in [5, 5.41) is 3.61. The number of anilines is 1. The maximum absolute atomic E-state index is 4.85. The van der Waals surface area contributed by atoms with E-state index in [2.05, 4.69) is 57.1 Å². The van der Waals surface area contributed by atoms with Gasteiger partial charge in [-0.15, -0.1) is 0 Å². The predicted molar refractivity (Wildman–Crippen MR) is 90.9 cm³/mol. The van der Waals surface area contributed by atoms with E-state index < -0.39 is 0 Å². The van der Waals surface area contributed by atoms with Crippen molar-refractivity contribution in [1.29, 1.82) is 0 Å². The smallest absolute Gasteiger partial charge is 0.128 e. The molecule has 0 amide bonds. The fourth-order valence-electron chi connectivity index (χ4n) is 2.30. The average molecular weight is 289 g/mol. The minimum Gasteiger partial charge on any atom is -0.360 e. The van der Waals surface area contributed by atoms with Crippen molar-refractivity contribution >= 4 is 5.82 Å². The number of aromatic nitrogens is 1. The van der Waals surface area contributed by atoms with Crippen LogP contribution in [0.2, 0.25) is 0 Å². The Balaban J connectivity index is 2.09.